The number of nitrogens with one attached hydrogen (secondary N) is 1. The van der Waals surface area contributed by atoms with E-state index in [1.165, 1.54) is 35.8 Å². The van der Waals surface area contributed by atoms with E-state index >= 15 is 0 Å². The Labute approximate surface area is 252 Å². The number of hydrogen-bond acceptors (Lipinski definition) is 15. The first-order valence-corrected chi connectivity index (χ1v) is 14.7. The fraction of sp³-hybridized carbons (Fsp3) is 0.304. The number of amides is 1. The highest BCUT2D eigenvalue weighted by Gasteiger charge is 2.54. The van der Waals surface area contributed by atoms with Gasteiger partial charge in [-0.2, -0.15) is 23.4 Å². The summed E-state index contributed by atoms with van der Waals surface area (Å²) in [5.74, 6) is -4.62. The van der Waals surface area contributed by atoms with Crippen molar-refractivity contribution in [2.45, 2.75) is 31.7 Å². The molecule has 19 nitrogen and oxygen atoms in total. The number of ketones is 1. The number of amidine groups is 1. The molecule has 1 saturated heterocycles. The van der Waals surface area contributed by atoms with Crippen LogP contribution in [0.4, 0.5) is 5.13 Å². The number of Topliss-reactive ketones (excluding diaryl/α,β-unsaturated/α-hetero) is 1. The van der Waals surface area contributed by atoms with Crippen LogP contribution in [0.1, 0.15) is 23.4 Å². The smallest absolute Gasteiger partial charge is 0.362 e. The molecule has 0 spiro atoms. The highest BCUT2D eigenvalue weighted by molar-refractivity contribution is 7.84. The fourth-order valence-corrected chi connectivity index (χ4v) is 5.53. The Kier molecular flexibility index (Phi) is 9.52. The number of carboxylic acids is 1. The number of hydrogen-bond donors (Lipinski definition) is 6. The maximum absolute atomic E-state index is 13.4. The van der Waals surface area contributed by atoms with Crippen molar-refractivity contribution in [2.24, 2.45) is 22.5 Å². The van der Waals surface area contributed by atoms with E-state index in [-0.39, 0.29) is 39.8 Å². The van der Waals surface area contributed by atoms with Crippen LogP contribution in [0.5, 0.6) is 5.75 Å². The zero-order valence-electron chi connectivity index (χ0n) is 22.5. The number of rotatable bonds is 15. The summed E-state index contributed by atoms with van der Waals surface area (Å²) in [7, 11) is -4.99. The van der Waals surface area contributed by atoms with Crippen LogP contribution in [0.2, 0.25) is 0 Å². The number of carbonyl (C=O) groups is 3. The number of carbonyl (C=O) groups excluding carboxylic acids is 2. The number of nitrogens with two attached hydrogens (primary N) is 3. The van der Waals surface area contributed by atoms with Crippen molar-refractivity contribution >= 4 is 56.0 Å². The molecule has 0 bridgehead atoms. The van der Waals surface area contributed by atoms with Crippen LogP contribution in [-0.4, -0.2) is 90.3 Å². The van der Waals surface area contributed by atoms with Gasteiger partial charge in [-0.05, 0) is 24.3 Å². The van der Waals surface area contributed by atoms with Crippen LogP contribution in [0, 0.1) is 11.3 Å². The predicted octanol–water partition coefficient (Wildman–Crippen LogP) is -1.40. The third-order valence-corrected chi connectivity index (χ3v) is 7.86. The molecule has 21 heteroatoms. The molecular formula is C23H26N10O9S2. The molecule has 3 atom stereocenters. The summed E-state index contributed by atoms with van der Waals surface area (Å²) in [6.45, 7) is -0.812. The standard InChI is InChI=1S/C23H26N10O9S2/c24-6-12-7-28-32(30-12)8-16-14(21(35)33(16)44(38,39)40)5-17(34)19(15-10-43-23(27)29-15)31-42-18(22(36)37)9-41-13-3-1-11(2-4-13)20(25)26/h1-4,7,10,14,16,18H,5-6,8-9,24H2,(H3,25,26)(H2,27,29)(H,36,37)(H,38,39,40)/b31-19-/t14-,16+,18-/m0/s1. The van der Waals surface area contributed by atoms with Gasteiger partial charge < -0.3 is 31.9 Å². The molecule has 1 aliphatic heterocycles. The van der Waals surface area contributed by atoms with Crippen LogP contribution in [0.15, 0.2) is 41.0 Å². The van der Waals surface area contributed by atoms with Crippen molar-refractivity contribution in [1.82, 2.24) is 24.3 Å². The van der Waals surface area contributed by atoms with Crippen molar-refractivity contribution in [3.8, 4) is 5.75 Å². The maximum Gasteiger partial charge on any atom is 0.362 e. The average Bonchev–Trinajstić information content (AvgIpc) is 3.61. The molecule has 9 N–H and O–H groups in total. The van der Waals surface area contributed by atoms with Gasteiger partial charge in [-0.3, -0.25) is 19.6 Å². The third kappa shape index (κ3) is 7.31. The quantitative estimate of drug-likeness (QED) is 0.0362. The Morgan fingerprint density at radius 1 is 1.25 bits per heavy atom. The van der Waals surface area contributed by atoms with Crippen molar-refractivity contribution in [3.63, 3.8) is 0 Å². The molecule has 2 aromatic heterocycles. The molecule has 1 fully saturated rings. The highest BCUT2D eigenvalue weighted by Crippen LogP contribution is 2.33. The Morgan fingerprint density at radius 3 is 2.50 bits per heavy atom. The summed E-state index contributed by atoms with van der Waals surface area (Å²) < 4.78 is 39.0. The van der Waals surface area contributed by atoms with Gasteiger partial charge in [0.2, 0.25) is 5.91 Å². The molecule has 234 valence electrons. The summed E-state index contributed by atoms with van der Waals surface area (Å²) in [5, 5.41) is 30.2. The summed E-state index contributed by atoms with van der Waals surface area (Å²) in [6, 6.07) is 4.66. The Morgan fingerprint density at radius 2 is 1.95 bits per heavy atom. The third-order valence-electron chi connectivity index (χ3n) is 6.24. The largest absolute Gasteiger partial charge is 0.489 e. The van der Waals surface area contributed by atoms with Gasteiger partial charge in [-0.25, -0.2) is 14.1 Å². The summed E-state index contributed by atoms with van der Waals surface area (Å²) >= 11 is 0.946. The zero-order valence-corrected chi connectivity index (χ0v) is 24.1. The SMILES string of the molecule is N=C(N)c1ccc(OC[C@H](O/N=C(\C(=O)C[C@@H]2C(=O)N(S(=O)(=O)O)[C@@H]2Cn2ncc(CN)n2)c2csc(N)n2)C(=O)O)cc1. The molecule has 44 heavy (non-hydrogen) atoms. The molecule has 3 aromatic rings. The number of carboxylic acid groups (broad SMARTS) is 1. The van der Waals surface area contributed by atoms with E-state index < -0.39 is 64.8 Å². The molecule has 1 aliphatic rings. The minimum Gasteiger partial charge on any atom is -0.489 e. The van der Waals surface area contributed by atoms with E-state index in [9.17, 15) is 32.5 Å². The molecule has 3 heterocycles. The first-order valence-electron chi connectivity index (χ1n) is 12.5. The summed E-state index contributed by atoms with van der Waals surface area (Å²) in [6.07, 6.45) is -1.01. The van der Waals surface area contributed by atoms with E-state index in [0.29, 0.717) is 11.3 Å². The zero-order chi connectivity index (χ0) is 32.2. The minimum atomic E-state index is -4.99. The van der Waals surface area contributed by atoms with E-state index in [1.54, 1.807) is 0 Å². The number of thiazole rings is 1. The molecule has 1 amide bonds. The average molecular weight is 651 g/mol. The van der Waals surface area contributed by atoms with Crippen LogP contribution in [0.25, 0.3) is 0 Å². The number of oxime groups is 1. The Hall–Kier alpha value is -4.99. The van der Waals surface area contributed by atoms with Crippen LogP contribution in [0.3, 0.4) is 0 Å². The normalized spacial score (nSPS) is 17.5. The lowest BCUT2D eigenvalue weighted by molar-refractivity contribution is -0.152. The van der Waals surface area contributed by atoms with Crippen LogP contribution < -0.4 is 21.9 Å². The Bertz CT molecular complexity index is 1700. The van der Waals surface area contributed by atoms with Gasteiger partial charge in [0.15, 0.2) is 16.6 Å². The number of aliphatic carboxylic acids is 1. The maximum atomic E-state index is 13.4. The number of benzene rings is 1. The number of ether oxygens (including phenoxy) is 1. The van der Waals surface area contributed by atoms with E-state index in [0.717, 1.165) is 16.1 Å². The molecule has 0 saturated carbocycles. The minimum absolute atomic E-state index is 0.0403. The molecule has 4 rings (SSSR count). The van der Waals surface area contributed by atoms with Crippen molar-refractivity contribution < 1.29 is 42.0 Å². The lowest BCUT2D eigenvalue weighted by Crippen LogP contribution is -2.64. The number of nitrogens with zero attached hydrogens (tertiary/aromatic N) is 6. The van der Waals surface area contributed by atoms with E-state index in [2.05, 4.69) is 20.3 Å². The van der Waals surface area contributed by atoms with Crippen molar-refractivity contribution in [2.75, 3.05) is 12.3 Å². The number of aromatic nitrogens is 4. The number of anilines is 1. The van der Waals surface area contributed by atoms with Gasteiger partial charge in [-0.1, -0.05) is 5.16 Å². The van der Waals surface area contributed by atoms with Crippen LogP contribution in [-0.2, 0) is 42.6 Å². The monoisotopic (exact) mass is 650 g/mol. The number of nitrogen functional groups attached to an aromatic ring is 2. The first-order chi connectivity index (χ1) is 20.8. The molecular weight excluding hydrogens is 624 g/mol. The fourth-order valence-electron chi connectivity index (χ4n) is 4.06. The van der Waals surface area contributed by atoms with Gasteiger partial charge in [-0.15, -0.1) is 11.3 Å². The Balaban J connectivity index is 1.53. The molecule has 1 aromatic carbocycles. The van der Waals surface area contributed by atoms with Crippen molar-refractivity contribution in [1.29, 1.82) is 5.41 Å². The van der Waals surface area contributed by atoms with Gasteiger partial charge >= 0.3 is 16.3 Å². The second-order valence-corrected chi connectivity index (χ2v) is 11.4. The van der Waals surface area contributed by atoms with Gasteiger partial charge in [0, 0.05) is 23.9 Å². The van der Waals surface area contributed by atoms with Gasteiger partial charge in [0.1, 0.15) is 23.9 Å². The van der Waals surface area contributed by atoms with Gasteiger partial charge in [0.05, 0.1) is 30.4 Å². The molecule has 0 aliphatic carbocycles. The number of β-lactam (4-membered cyclic amide) rings is 1. The topological polar surface area (TPSA) is 305 Å². The summed E-state index contributed by atoms with van der Waals surface area (Å²) in [4.78, 5) is 48.2. The highest BCUT2D eigenvalue weighted by atomic mass is 32.2. The van der Waals surface area contributed by atoms with Gasteiger partial charge in [0.25, 0.3) is 6.10 Å². The lowest BCUT2D eigenvalue weighted by atomic mass is 9.84. The second-order valence-electron chi connectivity index (χ2n) is 9.20. The van der Waals surface area contributed by atoms with Crippen LogP contribution >= 0.6 is 11.3 Å². The van der Waals surface area contributed by atoms with Crippen molar-refractivity contribution in [3.05, 3.63) is 52.8 Å². The van der Waals surface area contributed by atoms with E-state index in [1.807, 2.05) is 0 Å². The van der Waals surface area contributed by atoms with E-state index in [4.69, 9.17) is 32.2 Å². The first kappa shape index (κ1) is 31.9. The molecule has 0 radical (unpaired) electrons. The predicted molar refractivity (Wildman–Crippen MR) is 152 cm³/mol. The second kappa shape index (κ2) is 13.1. The lowest BCUT2D eigenvalue weighted by Gasteiger charge is -2.43. The molecule has 0 unspecified atom stereocenters. The summed E-state index contributed by atoms with van der Waals surface area (Å²) in [5.41, 5.74) is 16.8.